The van der Waals surface area contributed by atoms with E-state index >= 15 is 0 Å². The molecule has 0 aliphatic heterocycles. The molecule has 0 aliphatic carbocycles. The fourth-order valence-electron chi connectivity index (χ4n) is 1.11. The van der Waals surface area contributed by atoms with E-state index in [1.54, 1.807) is 0 Å². The predicted molar refractivity (Wildman–Crippen MR) is 47.0 cm³/mol. The van der Waals surface area contributed by atoms with Gasteiger partial charge in [-0.05, 0) is 13.8 Å². The van der Waals surface area contributed by atoms with Crippen molar-refractivity contribution in [1.82, 2.24) is 9.78 Å². The summed E-state index contributed by atoms with van der Waals surface area (Å²) in [4.78, 5) is 2.03. The molecule has 0 amide bonds. The fraction of sp³-hybridized carbons (Fsp3) is 0.625. The van der Waals surface area contributed by atoms with Crippen molar-refractivity contribution >= 4 is 5.82 Å². The molecule has 0 radical (unpaired) electrons. The molecular weight excluding hydrogens is 138 g/mol. The van der Waals surface area contributed by atoms with Crippen molar-refractivity contribution in [3.8, 4) is 0 Å². The smallest absolute Gasteiger partial charge is 0.153 e. The molecule has 3 nitrogen and oxygen atoms in total. The topological polar surface area (TPSA) is 21.1 Å². The van der Waals surface area contributed by atoms with E-state index in [1.165, 1.54) is 5.56 Å². The molecule has 0 saturated carbocycles. The third-order valence-electron chi connectivity index (χ3n) is 1.67. The number of rotatable bonds is 2. The molecule has 1 aromatic rings. The Morgan fingerprint density at radius 2 is 2.18 bits per heavy atom. The molecule has 62 valence electrons. The van der Waals surface area contributed by atoms with E-state index in [1.807, 2.05) is 23.7 Å². The van der Waals surface area contributed by atoms with Crippen molar-refractivity contribution in [3.63, 3.8) is 0 Å². The van der Waals surface area contributed by atoms with Crippen molar-refractivity contribution in [2.75, 3.05) is 19.0 Å². The average molecular weight is 153 g/mol. The first kappa shape index (κ1) is 8.11. The molecule has 0 atom stereocenters. The van der Waals surface area contributed by atoms with Crippen LogP contribution in [-0.2, 0) is 6.54 Å². The van der Waals surface area contributed by atoms with Gasteiger partial charge in [0.2, 0.25) is 0 Å². The number of hydrogen-bond donors (Lipinski definition) is 0. The molecule has 0 aromatic carbocycles. The highest BCUT2D eigenvalue weighted by molar-refractivity contribution is 5.43. The van der Waals surface area contributed by atoms with Gasteiger partial charge in [0.15, 0.2) is 5.82 Å². The number of hydrogen-bond acceptors (Lipinski definition) is 2. The Kier molecular flexibility index (Phi) is 2.17. The summed E-state index contributed by atoms with van der Waals surface area (Å²) in [6.07, 6.45) is 2.06. The minimum absolute atomic E-state index is 0.939. The van der Waals surface area contributed by atoms with Gasteiger partial charge >= 0.3 is 0 Å². The zero-order valence-corrected chi connectivity index (χ0v) is 7.63. The van der Waals surface area contributed by atoms with Crippen molar-refractivity contribution in [2.45, 2.75) is 20.4 Å². The van der Waals surface area contributed by atoms with Crippen LogP contribution < -0.4 is 4.90 Å². The second-order valence-corrected chi connectivity index (χ2v) is 2.89. The molecule has 0 saturated heterocycles. The highest BCUT2D eigenvalue weighted by Crippen LogP contribution is 2.13. The van der Waals surface area contributed by atoms with Gasteiger partial charge < -0.3 is 4.90 Å². The first-order valence-electron chi connectivity index (χ1n) is 3.86. The summed E-state index contributed by atoms with van der Waals surface area (Å²) in [5.41, 5.74) is 1.23. The first-order chi connectivity index (χ1) is 5.15. The minimum Gasteiger partial charge on any atom is -0.361 e. The van der Waals surface area contributed by atoms with Crippen molar-refractivity contribution in [1.29, 1.82) is 0 Å². The highest BCUT2D eigenvalue weighted by atomic mass is 15.3. The maximum absolute atomic E-state index is 4.37. The van der Waals surface area contributed by atoms with E-state index in [-0.39, 0.29) is 0 Å². The van der Waals surface area contributed by atoms with Crippen LogP contribution in [0, 0.1) is 6.92 Å². The molecule has 0 bridgehead atoms. The summed E-state index contributed by atoms with van der Waals surface area (Å²) in [5.74, 6) is 1.06. The lowest BCUT2D eigenvalue weighted by molar-refractivity contribution is 0.658. The Morgan fingerprint density at radius 3 is 2.45 bits per heavy atom. The highest BCUT2D eigenvalue weighted by Gasteiger charge is 2.04. The predicted octanol–water partition coefficient (Wildman–Crippen LogP) is 1.28. The lowest BCUT2D eigenvalue weighted by atomic mass is 10.4. The van der Waals surface area contributed by atoms with Gasteiger partial charge in [-0.15, -0.1) is 0 Å². The second kappa shape index (κ2) is 2.95. The molecule has 0 N–H and O–H groups in total. The SMILES string of the molecule is CCn1cc(C)c(N(C)C)n1. The number of anilines is 1. The molecular formula is C8H15N3. The van der Waals surface area contributed by atoms with Gasteiger partial charge in [0, 0.05) is 32.4 Å². The van der Waals surface area contributed by atoms with Crippen molar-refractivity contribution in [2.24, 2.45) is 0 Å². The third-order valence-corrected chi connectivity index (χ3v) is 1.67. The molecule has 1 aromatic heterocycles. The van der Waals surface area contributed by atoms with E-state index in [2.05, 4.69) is 25.1 Å². The lowest BCUT2D eigenvalue weighted by Gasteiger charge is -2.08. The minimum atomic E-state index is 0.939. The number of aryl methyl sites for hydroxylation is 2. The van der Waals surface area contributed by atoms with Crippen LogP contribution in [0.15, 0.2) is 6.20 Å². The Bertz CT molecular complexity index is 237. The van der Waals surface area contributed by atoms with E-state index in [0.717, 1.165) is 12.4 Å². The maximum Gasteiger partial charge on any atom is 0.153 e. The van der Waals surface area contributed by atoms with Gasteiger partial charge in [0.1, 0.15) is 0 Å². The van der Waals surface area contributed by atoms with Gasteiger partial charge in [-0.2, -0.15) is 5.10 Å². The normalized spacial score (nSPS) is 10.2. The summed E-state index contributed by atoms with van der Waals surface area (Å²) in [6, 6.07) is 0. The molecule has 0 spiro atoms. The van der Waals surface area contributed by atoms with Crippen LogP contribution in [0.25, 0.3) is 0 Å². The lowest BCUT2D eigenvalue weighted by Crippen LogP contribution is -2.10. The van der Waals surface area contributed by atoms with Crippen LogP contribution in [0.4, 0.5) is 5.82 Å². The maximum atomic E-state index is 4.37. The van der Waals surface area contributed by atoms with Crippen LogP contribution in [0.3, 0.4) is 0 Å². The zero-order valence-electron chi connectivity index (χ0n) is 7.63. The van der Waals surface area contributed by atoms with Gasteiger partial charge in [0.25, 0.3) is 0 Å². The van der Waals surface area contributed by atoms with Crippen LogP contribution in [0.2, 0.25) is 0 Å². The van der Waals surface area contributed by atoms with E-state index in [4.69, 9.17) is 0 Å². The Labute approximate surface area is 67.6 Å². The third kappa shape index (κ3) is 1.53. The molecule has 1 rings (SSSR count). The first-order valence-corrected chi connectivity index (χ1v) is 3.86. The second-order valence-electron chi connectivity index (χ2n) is 2.89. The monoisotopic (exact) mass is 153 g/mol. The standard InChI is InChI=1S/C8H15N3/c1-5-11-6-7(2)8(9-11)10(3)4/h6H,5H2,1-4H3. The van der Waals surface area contributed by atoms with Gasteiger partial charge in [-0.3, -0.25) is 4.68 Å². The quantitative estimate of drug-likeness (QED) is 0.638. The molecule has 1 heterocycles. The Hall–Kier alpha value is -0.990. The largest absolute Gasteiger partial charge is 0.361 e. The van der Waals surface area contributed by atoms with Gasteiger partial charge in [-0.1, -0.05) is 0 Å². The molecule has 0 fully saturated rings. The number of nitrogens with zero attached hydrogens (tertiary/aromatic N) is 3. The van der Waals surface area contributed by atoms with Gasteiger partial charge in [-0.25, -0.2) is 0 Å². The van der Waals surface area contributed by atoms with Gasteiger partial charge in [0.05, 0.1) is 0 Å². The molecule has 11 heavy (non-hydrogen) atoms. The Balaban J connectivity index is 2.97. The molecule has 0 unspecified atom stereocenters. The van der Waals surface area contributed by atoms with E-state index in [9.17, 15) is 0 Å². The number of aromatic nitrogens is 2. The van der Waals surface area contributed by atoms with E-state index in [0.29, 0.717) is 0 Å². The van der Waals surface area contributed by atoms with Crippen LogP contribution in [-0.4, -0.2) is 23.9 Å². The average Bonchev–Trinajstić information content (AvgIpc) is 2.30. The zero-order chi connectivity index (χ0) is 8.43. The van der Waals surface area contributed by atoms with Crippen LogP contribution >= 0.6 is 0 Å². The van der Waals surface area contributed by atoms with Crippen molar-refractivity contribution in [3.05, 3.63) is 11.8 Å². The molecule has 0 aliphatic rings. The van der Waals surface area contributed by atoms with Crippen molar-refractivity contribution < 1.29 is 0 Å². The van der Waals surface area contributed by atoms with Crippen LogP contribution in [0.1, 0.15) is 12.5 Å². The Morgan fingerprint density at radius 1 is 1.55 bits per heavy atom. The van der Waals surface area contributed by atoms with Crippen LogP contribution in [0.5, 0.6) is 0 Å². The molecule has 3 heteroatoms. The summed E-state index contributed by atoms with van der Waals surface area (Å²) >= 11 is 0. The summed E-state index contributed by atoms with van der Waals surface area (Å²) in [6.45, 7) is 5.11. The summed E-state index contributed by atoms with van der Waals surface area (Å²) in [5, 5.41) is 4.37. The van der Waals surface area contributed by atoms with E-state index < -0.39 is 0 Å². The summed E-state index contributed by atoms with van der Waals surface area (Å²) < 4.78 is 1.95. The summed E-state index contributed by atoms with van der Waals surface area (Å²) in [7, 11) is 4.02. The fourth-order valence-corrected chi connectivity index (χ4v) is 1.11.